The van der Waals surface area contributed by atoms with Gasteiger partial charge < -0.3 is 14.4 Å². The third kappa shape index (κ3) is 6.43. The lowest BCUT2D eigenvalue weighted by Gasteiger charge is -2.32. The number of amides is 1. The quantitative estimate of drug-likeness (QED) is 0.479. The molecule has 1 saturated heterocycles. The van der Waals surface area contributed by atoms with Crippen LogP contribution in [0.2, 0.25) is 0 Å². The molecule has 0 bridgehead atoms. The summed E-state index contributed by atoms with van der Waals surface area (Å²) in [5, 5.41) is 0. The second-order valence-electron chi connectivity index (χ2n) is 7.03. The Kier molecular flexibility index (Phi) is 7.44. The van der Waals surface area contributed by atoms with E-state index in [0.29, 0.717) is 5.75 Å². The third-order valence-corrected chi connectivity index (χ3v) is 4.65. The lowest BCUT2D eigenvalue weighted by atomic mass is 9.97. The van der Waals surface area contributed by atoms with Crippen molar-refractivity contribution >= 4 is 18.0 Å². The van der Waals surface area contributed by atoms with Gasteiger partial charge in [-0.15, -0.1) is 0 Å². The Morgan fingerprint density at radius 2 is 1.73 bits per heavy atom. The number of ether oxygens (including phenoxy) is 2. The molecule has 1 amide bonds. The van der Waals surface area contributed by atoms with E-state index in [2.05, 4.69) is 11.3 Å². The zero-order valence-corrected chi connectivity index (χ0v) is 16.3. The summed E-state index contributed by atoms with van der Waals surface area (Å²) in [5.41, 5.74) is 0.885. The van der Waals surface area contributed by atoms with E-state index in [9.17, 15) is 31.5 Å². The first-order valence-corrected chi connectivity index (χ1v) is 9.20. The molecule has 0 aliphatic carbocycles. The van der Waals surface area contributed by atoms with Crippen LogP contribution >= 0.6 is 0 Å². The van der Waals surface area contributed by atoms with Crippen LogP contribution in [0.5, 0.6) is 5.75 Å². The largest absolute Gasteiger partial charge is 0.484 e. The van der Waals surface area contributed by atoms with Crippen molar-refractivity contribution in [2.75, 3.05) is 19.7 Å². The predicted molar refractivity (Wildman–Crippen MR) is 97.9 cm³/mol. The van der Waals surface area contributed by atoms with Gasteiger partial charge in [-0.3, -0.25) is 9.59 Å². The molecular formula is C20H22F5NO4. The molecule has 1 aliphatic heterocycles. The topological polar surface area (TPSA) is 55.8 Å². The molecule has 0 N–H and O–H groups in total. The highest BCUT2D eigenvalue weighted by molar-refractivity contribution is 5.78. The maximum Gasteiger partial charge on any atom is 0.431 e. The molecule has 1 aromatic carbocycles. The molecule has 10 heteroatoms. The number of likely N-dealkylation sites (tertiary alicyclic amines) is 1. The van der Waals surface area contributed by atoms with E-state index in [0.717, 1.165) is 5.56 Å². The van der Waals surface area contributed by atoms with Crippen LogP contribution in [0.15, 0.2) is 30.8 Å². The van der Waals surface area contributed by atoms with Gasteiger partial charge in [-0.2, -0.15) is 13.2 Å². The Bertz CT molecular complexity index is 736. The van der Waals surface area contributed by atoms with Crippen molar-refractivity contribution in [2.45, 2.75) is 38.0 Å². The van der Waals surface area contributed by atoms with Crippen molar-refractivity contribution in [1.82, 2.24) is 4.90 Å². The molecular weight excluding hydrogens is 413 g/mol. The number of piperidine rings is 1. The minimum Gasteiger partial charge on any atom is -0.484 e. The van der Waals surface area contributed by atoms with Gasteiger partial charge in [0.05, 0.1) is 5.92 Å². The van der Waals surface area contributed by atoms with E-state index in [1.165, 1.54) is 4.90 Å². The Labute approximate surface area is 170 Å². The SMILES string of the molecule is C=Cc1ccc(OCC(=O)N2CCC(C(=O)OC(C(C)(F)F)C(F)(F)F)CC2)cc1. The van der Waals surface area contributed by atoms with Gasteiger partial charge in [-0.05, 0) is 30.5 Å². The van der Waals surface area contributed by atoms with E-state index in [1.807, 2.05) is 0 Å². The van der Waals surface area contributed by atoms with Crippen molar-refractivity contribution < 1.29 is 41.0 Å². The molecule has 1 aliphatic rings. The highest BCUT2D eigenvalue weighted by Crippen LogP contribution is 2.35. The number of alkyl halides is 5. The van der Waals surface area contributed by atoms with E-state index in [1.54, 1.807) is 30.3 Å². The summed E-state index contributed by atoms with van der Waals surface area (Å²) >= 11 is 0. The summed E-state index contributed by atoms with van der Waals surface area (Å²) in [7, 11) is 0. The van der Waals surface area contributed by atoms with Gasteiger partial charge in [0, 0.05) is 20.0 Å². The number of hydrogen-bond acceptors (Lipinski definition) is 4. The molecule has 1 fully saturated rings. The first kappa shape index (κ1) is 23.6. The summed E-state index contributed by atoms with van der Waals surface area (Å²) in [6.45, 7) is 3.58. The van der Waals surface area contributed by atoms with Crippen LogP contribution in [0.25, 0.3) is 6.08 Å². The van der Waals surface area contributed by atoms with Crippen LogP contribution in [0.3, 0.4) is 0 Å². The lowest BCUT2D eigenvalue weighted by Crippen LogP contribution is -2.48. The van der Waals surface area contributed by atoms with Gasteiger partial charge in [0.2, 0.25) is 0 Å². The number of benzene rings is 1. The van der Waals surface area contributed by atoms with E-state index >= 15 is 0 Å². The lowest BCUT2D eigenvalue weighted by molar-refractivity contribution is -0.274. The number of halogens is 5. The molecule has 1 unspecified atom stereocenters. The van der Waals surface area contributed by atoms with Crippen LogP contribution in [0.4, 0.5) is 22.0 Å². The van der Waals surface area contributed by atoms with Crippen molar-refractivity contribution in [1.29, 1.82) is 0 Å². The molecule has 0 aromatic heterocycles. The zero-order valence-electron chi connectivity index (χ0n) is 16.3. The molecule has 0 spiro atoms. The van der Waals surface area contributed by atoms with Gasteiger partial charge >= 0.3 is 12.1 Å². The smallest absolute Gasteiger partial charge is 0.431 e. The van der Waals surface area contributed by atoms with E-state index in [4.69, 9.17) is 4.74 Å². The predicted octanol–water partition coefficient (Wildman–Crippen LogP) is 4.08. The summed E-state index contributed by atoms with van der Waals surface area (Å²) < 4.78 is 74.1. The van der Waals surface area contributed by atoms with Crippen LogP contribution in [0, 0.1) is 5.92 Å². The zero-order chi connectivity index (χ0) is 22.5. The minimum absolute atomic E-state index is 0.0124. The van der Waals surface area contributed by atoms with Gasteiger partial charge in [0.15, 0.2) is 6.61 Å². The van der Waals surface area contributed by atoms with E-state index < -0.39 is 30.1 Å². The highest BCUT2D eigenvalue weighted by Gasteiger charge is 2.56. The standard InChI is InChI=1S/C20H22F5NO4/c1-3-13-4-6-15(7-5-13)29-12-16(27)26-10-8-14(9-11-26)17(28)30-18(19(2,21)22)20(23,24)25/h3-7,14,18H,1,8-12H2,2H3. The summed E-state index contributed by atoms with van der Waals surface area (Å²) in [4.78, 5) is 25.6. The van der Waals surface area contributed by atoms with Crippen LogP contribution < -0.4 is 4.74 Å². The molecule has 1 aromatic rings. The molecule has 2 rings (SSSR count). The third-order valence-electron chi connectivity index (χ3n) is 4.65. The monoisotopic (exact) mass is 435 g/mol. The average molecular weight is 435 g/mol. The maximum absolute atomic E-state index is 13.2. The van der Waals surface area contributed by atoms with Crippen molar-refractivity contribution in [3.8, 4) is 5.75 Å². The normalized spacial score (nSPS) is 16.7. The maximum atomic E-state index is 13.2. The van der Waals surface area contributed by atoms with Crippen molar-refractivity contribution in [3.63, 3.8) is 0 Å². The first-order valence-electron chi connectivity index (χ1n) is 9.20. The molecule has 0 radical (unpaired) electrons. The van der Waals surface area contributed by atoms with Gasteiger partial charge in [0.25, 0.3) is 17.9 Å². The number of esters is 1. The van der Waals surface area contributed by atoms with Crippen molar-refractivity contribution in [2.24, 2.45) is 5.92 Å². The molecule has 1 heterocycles. The second-order valence-corrected chi connectivity index (χ2v) is 7.03. The number of nitrogens with zero attached hydrogens (tertiary/aromatic N) is 1. The number of rotatable bonds is 7. The average Bonchev–Trinajstić information content (AvgIpc) is 2.68. The van der Waals surface area contributed by atoms with Crippen molar-refractivity contribution in [3.05, 3.63) is 36.4 Å². The summed E-state index contributed by atoms with van der Waals surface area (Å²) in [6, 6.07) is 6.87. The molecule has 1 atom stereocenters. The molecule has 0 saturated carbocycles. The van der Waals surface area contributed by atoms with Gasteiger partial charge in [0.1, 0.15) is 5.75 Å². The number of carbonyl (C=O) groups is 2. The second kappa shape index (κ2) is 9.44. The van der Waals surface area contributed by atoms with Crippen LogP contribution in [-0.4, -0.2) is 54.7 Å². The fourth-order valence-corrected chi connectivity index (χ4v) is 2.97. The van der Waals surface area contributed by atoms with Crippen LogP contribution in [0.1, 0.15) is 25.3 Å². The number of hydrogen-bond donors (Lipinski definition) is 0. The Morgan fingerprint density at radius 3 is 2.20 bits per heavy atom. The Hall–Kier alpha value is -2.65. The highest BCUT2D eigenvalue weighted by atomic mass is 19.4. The fraction of sp³-hybridized carbons (Fsp3) is 0.500. The van der Waals surface area contributed by atoms with Gasteiger partial charge in [-0.1, -0.05) is 24.8 Å². The molecule has 30 heavy (non-hydrogen) atoms. The fourth-order valence-electron chi connectivity index (χ4n) is 2.97. The molecule has 5 nitrogen and oxygen atoms in total. The Balaban J connectivity index is 1.83. The minimum atomic E-state index is -5.38. The van der Waals surface area contributed by atoms with E-state index in [-0.39, 0.29) is 45.4 Å². The number of carbonyl (C=O) groups excluding carboxylic acids is 2. The summed E-state index contributed by atoms with van der Waals surface area (Å²) in [6.07, 6.45) is -7.20. The summed E-state index contributed by atoms with van der Waals surface area (Å²) in [5.74, 6) is -6.47. The Morgan fingerprint density at radius 1 is 1.17 bits per heavy atom. The molecule has 166 valence electrons. The van der Waals surface area contributed by atoms with Gasteiger partial charge in [-0.25, -0.2) is 8.78 Å². The van der Waals surface area contributed by atoms with Crippen LogP contribution in [-0.2, 0) is 14.3 Å². The first-order chi connectivity index (χ1) is 13.9.